The molecule has 0 bridgehead atoms. The number of hydrogen-bond acceptors (Lipinski definition) is 6. The number of carbonyl (C=O) groups is 1. The standard InChI is InChI=1S/C13H9N3O5/c14-7-9(6-10-3-4-12(21-10)16(18)19)13(17)15-8-11-2-1-5-20-11/h1-6H,8H2,(H,15,17). The summed E-state index contributed by atoms with van der Waals surface area (Å²) in [6, 6.07) is 7.49. The molecule has 2 rings (SSSR count). The van der Waals surface area contributed by atoms with Crippen molar-refractivity contribution in [2.24, 2.45) is 0 Å². The van der Waals surface area contributed by atoms with Crippen molar-refractivity contribution in [1.29, 1.82) is 5.26 Å². The van der Waals surface area contributed by atoms with E-state index in [0.717, 1.165) is 12.1 Å². The van der Waals surface area contributed by atoms with Crippen molar-refractivity contribution in [1.82, 2.24) is 5.32 Å². The molecular formula is C13H9N3O5. The van der Waals surface area contributed by atoms with Gasteiger partial charge in [-0.2, -0.15) is 5.26 Å². The predicted molar refractivity (Wildman–Crippen MR) is 69.5 cm³/mol. The van der Waals surface area contributed by atoms with E-state index in [0.29, 0.717) is 5.76 Å². The fourth-order valence-corrected chi connectivity index (χ4v) is 1.48. The van der Waals surface area contributed by atoms with Crippen LogP contribution >= 0.6 is 0 Å². The van der Waals surface area contributed by atoms with E-state index in [-0.39, 0.29) is 17.9 Å². The number of nitro groups is 1. The molecule has 0 spiro atoms. The monoisotopic (exact) mass is 287 g/mol. The van der Waals surface area contributed by atoms with Gasteiger partial charge in [-0.3, -0.25) is 14.9 Å². The van der Waals surface area contributed by atoms with Crippen molar-refractivity contribution >= 4 is 17.9 Å². The second-order valence-electron chi connectivity index (χ2n) is 3.86. The molecule has 2 aromatic heterocycles. The van der Waals surface area contributed by atoms with Gasteiger partial charge in [0, 0.05) is 6.08 Å². The number of hydrogen-bond donors (Lipinski definition) is 1. The van der Waals surface area contributed by atoms with Crippen LogP contribution in [0.15, 0.2) is 44.9 Å². The molecule has 0 aliphatic heterocycles. The summed E-state index contributed by atoms with van der Waals surface area (Å²) in [7, 11) is 0. The maximum atomic E-state index is 11.8. The zero-order valence-electron chi connectivity index (χ0n) is 10.6. The minimum Gasteiger partial charge on any atom is -0.467 e. The summed E-state index contributed by atoms with van der Waals surface area (Å²) < 4.78 is 9.89. The first-order valence-electron chi connectivity index (χ1n) is 5.77. The van der Waals surface area contributed by atoms with E-state index in [2.05, 4.69) is 5.32 Å². The van der Waals surface area contributed by atoms with Gasteiger partial charge in [0.25, 0.3) is 5.91 Å². The molecule has 106 valence electrons. The van der Waals surface area contributed by atoms with Gasteiger partial charge in [0.2, 0.25) is 0 Å². The minimum absolute atomic E-state index is 0.0476. The van der Waals surface area contributed by atoms with Crippen LogP contribution < -0.4 is 5.32 Å². The predicted octanol–water partition coefficient (Wildman–Crippen LogP) is 2.00. The summed E-state index contributed by atoms with van der Waals surface area (Å²) in [4.78, 5) is 21.6. The Morgan fingerprint density at radius 2 is 2.29 bits per heavy atom. The second kappa shape index (κ2) is 6.21. The molecule has 2 aromatic rings. The van der Waals surface area contributed by atoms with Gasteiger partial charge in [-0.05, 0) is 18.2 Å². The summed E-state index contributed by atoms with van der Waals surface area (Å²) in [5.74, 6) is -0.511. The lowest BCUT2D eigenvalue weighted by molar-refractivity contribution is -0.402. The maximum absolute atomic E-state index is 11.8. The average molecular weight is 287 g/mol. The van der Waals surface area contributed by atoms with Gasteiger partial charge >= 0.3 is 5.88 Å². The van der Waals surface area contributed by atoms with Gasteiger partial charge in [-0.15, -0.1) is 0 Å². The molecule has 0 saturated carbocycles. The summed E-state index contributed by atoms with van der Waals surface area (Å²) in [5.41, 5.74) is -0.231. The lowest BCUT2D eigenvalue weighted by Crippen LogP contribution is -2.23. The van der Waals surface area contributed by atoms with Crippen LogP contribution in [0, 0.1) is 21.4 Å². The van der Waals surface area contributed by atoms with E-state index in [4.69, 9.17) is 14.1 Å². The van der Waals surface area contributed by atoms with Crippen LogP contribution in [-0.4, -0.2) is 10.8 Å². The zero-order valence-corrected chi connectivity index (χ0v) is 10.6. The fourth-order valence-electron chi connectivity index (χ4n) is 1.48. The first-order chi connectivity index (χ1) is 10.1. The Bertz CT molecular complexity index is 721. The molecule has 8 nitrogen and oxygen atoms in total. The van der Waals surface area contributed by atoms with Crippen molar-refractivity contribution in [2.45, 2.75) is 6.54 Å². The normalized spacial score (nSPS) is 10.9. The first kappa shape index (κ1) is 14.1. The number of furan rings is 2. The van der Waals surface area contributed by atoms with Gasteiger partial charge in [-0.1, -0.05) is 0 Å². The number of rotatable bonds is 5. The molecule has 0 fully saturated rings. The van der Waals surface area contributed by atoms with Crippen LogP contribution in [-0.2, 0) is 11.3 Å². The minimum atomic E-state index is -0.708. The number of carbonyl (C=O) groups excluding carboxylic acids is 1. The van der Waals surface area contributed by atoms with Crippen LogP contribution in [0.2, 0.25) is 0 Å². The highest BCUT2D eigenvalue weighted by Crippen LogP contribution is 2.18. The summed E-state index contributed by atoms with van der Waals surface area (Å²) in [6.45, 7) is 0.128. The van der Waals surface area contributed by atoms with E-state index in [9.17, 15) is 14.9 Å². The smallest absolute Gasteiger partial charge is 0.433 e. The van der Waals surface area contributed by atoms with Gasteiger partial charge in [0.1, 0.15) is 28.1 Å². The molecular weight excluding hydrogens is 278 g/mol. The third-order valence-electron chi connectivity index (χ3n) is 2.45. The lowest BCUT2D eigenvalue weighted by Gasteiger charge is -2.00. The molecule has 0 saturated heterocycles. The Hall–Kier alpha value is -3.34. The third kappa shape index (κ3) is 3.57. The van der Waals surface area contributed by atoms with Crippen molar-refractivity contribution < 1.29 is 18.6 Å². The Morgan fingerprint density at radius 3 is 2.86 bits per heavy atom. The number of nitriles is 1. The van der Waals surface area contributed by atoms with E-state index in [1.54, 1.807) is 18.2 Å². The molecule has 0 aliphatic carbocycles. The summed E-state index contributed by atoms with van der Waals surface area (Å²) >= 11 is 0. The Balaban J connectivity index is 2.07. The maximum Gasteiger partial charge on any atom is 0.433 e. The van der Waals surface area contributed by atoms with E-state index >= 15 is 0 Å². The van der Waals surface area contributed by atoms with Crippen LogP contribution in [0.3, 0.4) is 0 Å². The van der Waals surface area contributed by atoms with Crippen molar-refractivity contribution in [3.63, 3.8) is 0 Å². The average Bonchev–Trinajstić information content (AvgIpc) is 3.13. The Kier molecular flexibility index (Phi) is 4.16. The molecule has 0 aliphatic rings. The van der Waals surface area contributed by atoms with Gasteiger partial charge in [0.05, 0.1) is 18.9 Å². The fraction of sp³-hybridized carbons (Fsp3) is 0.0769. The SMILES string of the molecule is N#CC(=Cc1ccc([N+](=O)[O-])o1)C(=O)NCc1ccco1. The Labute approximate surface area is 118 Å². The summed E-state index contributed by atoms with van der Waals surface area (Å²) in [6.07, 6.45) is 2.59. The summed E-state index contributed by atoms with van der Waals surface area (Å²) in [5, 5.41) is 21.9. The largest absolute Gasteiger partial charge is 0.467 e. The first-order valence-corrected chi connectivity index (χ1v) is 5.77. The number of nitrogens with one attached hydrogen (secondary N) is 1. The van der Waals surface area contributed by atoms with Gasteiger partial charge < -0.3 is 14.2 Å². The highest BCUT2D eigenvalue weighted by Gasteiger charge is 2.14. The molecule has 0 atom stereocenters. The van der Waals surface area contributed by atoms with Gasteiger partial charge in [0.15, 0.2) is 0 Å². The topological polar surface area (TPSA) is 122 Å². The third-order valence-corrected chi connectivity index (χ3v) is 2.45. The van der Waals surface area contributed by atoms with Crippen molar-refractivity contribution in [3.05, 3.63) is 57.7 Å². The molecule has 0 aromatic carbocycles. The molecule has 2 heterocycles. The van der Waals surface area contributed by atoms with Gasteiger partial charge in [-0.25, -0.2) is 0 Å². The lowest BCUT2D eigenvalue weighted by atomic mass is 10.2. The van der Waals surface area contributed by atoms with E-state index < -0.39 is 16.7 Å². The van der Waals surface area contributed by atoms with Crippen molar-refractivity contribution in [3.8, 4) is 6.07 Å². The Morgan fingerprint density at radius 1 is 1.48 bits per heavy atom. The molecule has 1 amide bonds. The van der Waals surface area contributed by atoms with Crippen LogP contribution in [0.25, 0.3) is 6.08 Å². The zero-order chi connectivity index (χ0) is 15.2. The van der Waals surface area contributed by atoms with E-state index in [1.807, 2.05) is 0 Å². The van der Waals surface area contributed by atoms with Crippen LogP contribution in [0.5, 0.6) is 0 Å². The molecule has 8 heteroatoms. The number of amides is 1. The van der Waals surface area contributed by atoms with Crippen LogP contribution in [0.1, 0.15) is 11.5 Å². The molecule has 21 heavy (non-hydrogen) atoms. The quantitative estimate of drug-likeness (QED) is 0.388. The van der Waals surface area contributed by atoms with Crippen molar-refractivity contribution in [2.75, 3.05) is 0 Å². The van der Waals surface area contributed by atoms with Crippen LogP contribution in [0.4, 0.5) is 5.88 Å². The highest BCUT2D eigenvalue weighted by molar-refractivity contribution is 6.01. The second-order valence-corrected chi connectivity index (χ2v) is 3.86. The molecule has 0 radical (unpaired) electrons. The number of nitrogens with zero attached hydrogens (tertiary/aromatic N) is 2. The molecule has 1 N–H and O–H groups in total. The van der Waals surface area contributed by atoms with E-state index in [1.165, 1.54) is 12.3 Å². The molecule has 0 unspecified atom stereocenters. The highest BCUT2D eigenvalue weighted by atomic mass is 16.6.